The predicted molar refractivity (Wildman–Crippen MR) is 69.6 cm³/mol. The van der Waals surface area contributed by atoms with Crippen LogP contribution in [0.5, 0.6) is 0 Å². The molecule has 0 amide bonds. The van der Waals surface area contributed by atoms with Crippen molar-refractivity contribution in [2.75, 3.05) is 20.1 Å². The molecule has 2 fully saturated rings. The van der Waals surface area contributed by atoms with Crippen LogP contribution in [0.15, 0.2) is 0 Å². The smallest absolute Gasteiger partial charge is 0.0120 e. The molecular formula is C14H28N2. The summed E-state index contributed by atoms with van der Waals surface area (Å²) in [5.74, 6) is 1.78. The first-order valence-electron chi connectivity index (χ1n) is 7.10. The second-order valence-corrected chi connectivity index (χ2v) is 6.17. The minimum Gasteiger partial charge on any atom is -0.313 e. The first kappa shape index (κ1) is 12.4. The topological polar surface area (TPSA) is 15.3 Å². The molecule has 1 saturated carbocycles. The molecule has 1 N–H and O–H groups in total. The normalized spacial score (nSPS) is 38.1. The summed E-state index contributed by atoms with van der Waals surface area (Å²) in [6.07, 6.45) is 7.18. The van der Waals surface area contributed by atoms with E-state index in [1.165, 1.54) is 45.2 Å². The molecule has 1 saturated heterocycles. The molecule has 1 heterocycles. The van der Waals surface area contributed by atoms with Crippen LogP contribution in [0.1, 0.15) is 46.0 Å². The lowest BCUT2D eigenvalue weighted by molar-refractivity contribution is 0.119. The van der Waals surface area contributed by atoms with Gasteiger partial charge in [-0.15, -0.1) is 0 Å². The number of hydrogen-bond donors (Lipinski definition) is 1. The number of piperidine rings is 1. The third-order valence-corrected chi connectivity index (χ3v) is 4.75. The maximum Gasteiger partial charge on any atom is 0.0120 e. The molecule has 3 atom stereocenters. The molecule has 1 aliphatic heterocycles. The fourth-order valence-corrected chi connectivity index (χ4v) is 3.36. The molecule has 0 aromatic rings. The van der Waals surface area contributed by atoms with E-state index in [1.54, 1.807) is 0 Å². The van der Waals surface area contributed by atoms with Crippen molar-refractivity contribution in [3.63, 3.8) is 0 Å². The fraction of sp³-hybridized carbons (Fsp3) is 1.00. The lowest BCUT2D eigenvalue weighted by Gasteiger charge is -2.40. The Bertz CT molecular complexity index is 211. The number of rotatable bonds is 3. The van der Waals surface area contributed by atoms with Crippen LogP contribution in [0.4, 0.5) is 0 Å². The van der Waals surface area contributed by atoms with Crippen molar-refractivity contribution in [2.45, 2.75) is 58.0 Å². The van der Waals surface area contributed by atoms with Crippen LogP contribution in [0.3, 0.4) is 0 Å². The van der Waals surface area contributed by atoms with E-state index < -0.39 is 0 Å². The Morgan fingerprint density at radius 2 is 1.88 bits per heavy atom. The summed E-state index contributed by atoms with van der Waals surface area (Å²) < 4.78 is 0. The van der Waals surface area contributed by atoms with Gasteiger partial charge < -0.3 is 10.2 Å². The Balaban J connectivity index is 1.75. The monoisotopic (exact) mass is 224 g/mol. The van der Waals surface area contributed by atoms with Crippen LogP contribution in [-0.2, 0) is 0 Å². The number of hydrogen-bond acceptors (Lipinski definition) is 2. The zero-order chi connectivity index (χ0) is 11.5. The lowest BCUT2D eigenvalue weighted by atomic mass is 9.89. The van der Waals surface area contributed by atoms with Gasteiger partial charge in [0.05, 0.1) is 0 Å². The van der Waals surface area contributed by atoms with Crippen LogP contribution in [-0.4, -0.2) is 37.1 Å². The van der Waals surface area contributed by atoms with Gasteiger partial charge in [0.2, 0.25) is 0 Å². The van der Waals surface area contributed by atoms with Crippen LogP contribution in [0.25, 0.3) is 0 Å². The molecular weight excluding hydrogens is 196 g/mol. The van der Waals surface area contributed by atoms with Crippen molar-refractivity contribution in [1.82, 2.24) is 10.2 Å². The Morgan fingerprint density at radius 1 is 1.19 bits per heavy atom. The number of likely N-dealkylation sites (tertiary alicyclic amines) is 1. The molecule has 16 heavy (non-hydrogen) atoms. The second-order valence-electron chi connectivity index (χ2n) is 6.17. The van der Waals surface area contributed by atoms with E-state index >= 15 is 0 Å². The van der Waals surface area contributed by atoms with Crippen LogP contribution in [0.2, 0.25) is 0 Å². The standard InChI is InChI=1S/C14H28N2/c1-11-10-16(3)12(2)8-14(11)15-9-13-6-4-5-7-13/h11-15H,4-10H2,1-3H3. The highest BCUT2D eigenvalue weighted by Gasteiger charge is 2.29. The molecule has 3 unspecified atom stereocenters. The predicted octanol–water partition coefficient (Wildman–Crippen LogP) is 2.49. The van der Waals surface area contributed by atoms with Crippen LogP contribution < -0.4 is 5.32 Å². The SMILES string of the molecule is CC1CN(C)C(C)CC1NCC1CCCC1. The fourth-order valence-electron chi connectivity index (χ4n) is 3.36. The quantitative estimate of drug-likeness (QED) is 0.792. The van der Waals surface area contributed by atoms with E-state index in [1.807, 2.05) is 0 Å². The van der Waals surface area contributed by atoms with E-state index in [0.717, 1.165) is 23.9 Å². The molecule has 2 nitrogen and oxygen atoms in total. The van der Waals surface area contributed by atoms with Gasteiger partial charge in [-0.1, -0.05) is 19.8 Å². The summed E-state index contributed by atoms with van der Waals surface area (Å²) in [6.45, 7) is 7.28. The van der Waals surface area contributed by atoms with Crippen molar-refractivity contribution in [1.29, 1.82) is 0 Å². The summed E-state index contributed by atoms with van der Waals surface area (Å²) in [5, 5.41) is 3.84. The summed E-state index contributed by atoms with van der Waals surface area (Å²) in [5.41, 5.74) is 0. The maximum absolute atomic E-state index is 3.84. The van der Waals surface area contributed by atoms with Gasteiger partial charge in [0, 0.05) is 18.6 Å². The van der Waals surface area contributed by atoms with Gasteiger partial charge in [-0.3, -0.25) is 0 Å². The Hall–Kier alpha value is -0.0800. The lowest BCUT2D eigenvalue weighted by Crippen LogP contribution is -2.51. The van der Waals surface area contributed by atoms with Gasteiger partial charge in [0.1, 0.15) is 0 Å². The first-order valence-corrected chi connectivity index (χ1v) is 7.10. The van der Waals surface area contributed by atoms with Crippen molar-refractivity contribution in [3.05, 3.63) is 0 Å². The van der Waals surface area contributed by atoms with E-state index in [2.05, 4.69) is 31.1 Å². The molecule has 0 aromatic carbocycles. The van der Waals surface area contributed by atoms with Gasteiger partial charge >= 0.3 is 0 Å². The van der Waals surface area contributed by atoms with Crippen LogP contribution in [0, 0.1) is 11.8 Å². The van der Waals surface area contributed by atoms with Gasteiger partial charge in [-0.2, -0.15) is 0 Å². The highest BCUT2D eigenvalue weighted by molar-refractivity contribution is 4.86. The second kappa shape index (κ2) is 5.50. The van der Waals surface area contributed by atoms with E-state index in [9.17, 15) is 0 Å². The van der Waals surface area contributed by atoms with Gasteiger partial charge in [0.25, 0.3) is 0 Å². The molecule has 1 aliphatic carbocycles. The largest absolute Gasteiger partial charge is 0.313 e. The van der Waals surface area contributed by atoms with Crippen molar-refractivity contribution in [2.24, 2.45) is 11.8 Å². The summed E-state index contributed by atoms with van der Waals surface area (Å²) in [4.78, 5) is 2.50. The Morgan fingerprint density at radius 3 is 2.56 bits per heavy atom. The summed E-state index contributed by atoms with van der Waals surface area (Å²) in [6, 6.07) is 1.50. The minimum atomic E-state index is 0.747. The average molecular weight is 224 g/mol. The molecule has 0 aromatic heterocycles. The molecule has 0 radical (unpaired) electrons. The molecule has 94 valence electrons. The highest BCUT2D eigenvalue weighted by Crippen LogP contribution is 2.25. The van der Waals surface area contributed by atoms with E-state index in [-0.39, 0.29) is 0 Å². The van der Waals surface area contributed by atoms with Crippen molar-refractivity contribution >= 4 is 0 Å². The zero-order valence-corrected chi connectivity index (χ0v) is 11.2. The van der Waals surface area contributed by atoms with Crippen LogP contribution >= 0.6 is 0 Å². The Labute approximate surface area is 101 Å². The minimum absolute atomic E-state index is 0.747. The van der Waals surface area contributed by atoms with Gasteiger partial charge in [0.15, 0.2) is 0 Å². The third-order valence-electron chi connectivity index (χ3n) is 4.75. The van der Waals surface area contributed by atoms with Crippen molar-refractivity contribution in [3.8, 4) is 0 Å². The molecule has 2 rings (SSSR count). The molecule has 0 spiro atoms. The van der Waals surface area contributed by atoms with E-state index in [4.69, 9.17) is 0 Å². The molecule has 0 bridgehead atoms. The Kier molecular flexibility index (Phi) is 4.26. The molecule has 2 aliphatic rings. The molecule has 2 heteroatoms. The van der Waals surface area contributed by atoms with Crippen molar-refractivity contribution < 1.29 is 0 Å². The highest BCUT2D eigenvalue weighted by atomic mass is 15.2. The van der Waals surface area contributed by atoms with E-state index in [0.29, 0.717) is 0 Å². The maximum atomic E-state index is 3.84. The number of nitrogens with zero attached hydrogens (tertiary/aromatic N) is 1. The summed E-state index contributed by atoms with van der Waals surface area (Å²) >= 11 is 0. The number of nitrogens with one attached hydrogen (secondary N) is 1. The zero-order valence-electron chi connectivity index (χ0n) is 11.2. The summed E-state index contributed by atoms with van der Waals surface area (Å²) in [7, 11) is 2.26. The average Bonchev–Trinajstić information content (AvgIpc) is 2.74. The van der Waals surface area contributed by atoms with Gasteiger partial charge in [-0.05, 0) is 51.6 Å². The third kappa shape index (κ3) is 2.98. The first-order chi connectivity index (χ1) is 7.66. The van der Waals surface area contributed by atoms with Gasteiger partial charge in [-0.25, -0.2) is 0 Å².